The maximum atomic E-state index is 11.5. The molecule has 17 heavy (non-hydrogen) atoms. The summed E-state index contributed by atoms with van der Waals surface area (Å²) in [5, 5.41) is 11.8. The molecule has 0 aliphatic carbocycles. The quantitative estimate of drug-likeness (QED) is 0.690. The van der Waals surface area contributed by atoms with Crippen LogP contribution in [-0.4, -0.2) is 37.9 Å². The van der Waals surface area contributed by atoms with Crippen molar-refractivity contribution in [3.05, 3.63) is 29.8 Å². The van der Waals surface area contributed by atoms with Crippen LogP contribution in [0.2, 0.25) is 0 Å². The number of hydrogen-bond donors (Lipinski definition) is 2. The number of aliphatic hydroxyl groups excluding tert-OH is 1. The van der Waals surface area contributed by atoms with Crippen molar-refractivity contribution in [2.24, 2.45) is 0 Å². The van der Waals surface area contributed by atoms with E-state index in [1.807, 2.05) is 0 Å². The zero-order chi connectivity index (χ0) is 12.5. The summed E-state index contributed by atoms with van der Waals surface area (Å²) in [7, 11) is 1.57. The minimum atomic E-state index is -0.248. The van der Waals surface area contributed by atoms with E-state index in [0.29, 0.717) is 24.5 Å². The summed E-state index contributed by atoms with van der Waals surface area (Å²) >= 11 is 0. The smallest absolute Gasteiger partial charge is 0.250 e. The van der Waals surface area contributed by atoms with Gasteiger partial charge in [0, 0.05) is 18.4 Å². The third-order valence-corrected chi connectivity index (χ3v) is 2.13. The number of carbonyl (C=O) groups excluding carboxylic acids is 1. The summed E-state index contributed by atoms with van der Waals surface area (Å²) in [5.41, 5.74) is 1.29. The topological polar surface area (TPSA) is 67.8 Å². The van der Waals surface area contributed by atoms with Crippen LogP contribution < -0.4 is 5.32 Å². The van der Waals surface area contributed by atoms with Gasteiger partial charge < -0.3 is 19.9 Å². The zero-order valence-corrected chi connectivity index (χ0v) is 9.81. The summed E-state index contributed by atoms with van der Waals surface area (Å²) in [5.74, 6) is -0.248. The van der Waals surface area contributed by atoms with Crippen molar-refractivity contribution in [2.75, 3.05) is 32.2 Å². The Labute approximate surface area is 100 Å². The van der Waals surface area contributed by atoms with Gasteiger partial charge in [-0.05, 0) is 6.07 Å². The SMILES string of the molecule is COCCOCC(=O)Nc1ccccc1CO. The average Bonchev–Trinajstić information content (AvgIpc) is 2.35. The minimum absolute atomic E-state index is 0.0247. The molecule has 2 N–H and O–H groups in total. The Morgan fingerprint density at radius 3 is 2.82 bits per heavy atom. The number of methoxy groups -OCH3 is 1. The molecule has 0 saturated carbocycles. The van der Waals surface area contributed by atoms with E-state index < -0.39 is 0 Å². The monoisotopic (exact) mass is 239 g/mol. The van der Waals surface area contributed by atoms with Gasteiger partial charge in [-0.1, -0.05) is 18.2 Å². The molecule has 5 nitrogen and oxygen atoms in total. The summed E-state index contributed by atoms with van der Waals surface area (Å²) in [6, 6.07) is 7.08. The van der Waals surface area contributed by atoms with Crippen LogP contribution in [-0.2, 0) is 20.9 Å². The highest BCUT2D eigenvalue weighted by atomic mass is 16.5. The van der Waals surface area contributed by atoms with E-state index in [9.17, 15) is 4.79 Å². The van der Waals surface area contributed by atoms with Crippen LogP contribution in [0, 0.1) is 0 Å². The van der Waals surface area contributed by atoms with Crippen LogP contribution >= 0.6 is 0 Å². The lowest BCUT2D eigenvalue weighted by Gasteiger charge is -2.09. The second-order valence-electron chi connectivity index (χ2n) is 3.41. The Kier molecular flexibility index (Phi) is 6.24. The fourth-order valence-electron chi connectivity index (χ4n) is 1.27. The number of ether oxygens (including phenoxy) is 2. The third kappa shape index (κ3) is 4.95. The molecule has 0 radical (unpaired) electrons. The van der Waals surface area contributed by atoms with Crippen LogP contribution in [0.25, 0.3) is 0 Å². The van der Waals surface area contributed by atoms with Gasteiger partial charge in [0.15, 0.2) is 0 Å². The van der Waals surface area contributed by atoms with Gasteiger partial charge in [0.05, 0.1) is 19.8 Å². The average molecular weight is 239 g/mol. The number of carbonyl (C=O) groups is 1. The Balaban J connectivity index is 2.39. The van der Waals surface area contributed by atoms with Gasteiger partial charge in [-0.15, -0.1) is 0 Å². The number of anilines is 1. The van der Waals surface area contributed by atoms with E-state index in [0.717, 1.165) is 0 Å². The third-order valence-electron chi connectivity index (χ3n) is 2.13. The number of rotatable bonds is 7. The molecule has 0 bridgehead atoms. The summed E-state index contributed by atoms with van der Waals surface area (Å²) < 4.78 is 9.87. The first-order chi connectivity index (χ1) is 8.27. The van der Waals surface area contributed by atoms with Gasteiger partial charge >= 0.3 is 0 Å². The van der Waals surface area contributed by atoms with E-state index >= 15 is 0 Å². The lowest BCUT2D eigenvalue weighted by Crippen LogP contribution is -2.20. The highest BCUT2D eigenvalue weighted by Crippen LogP contribution is 2.14. The number of hydrogen-bond acceptors (Lipinski definition) is 4. The predicted octanol–water partition coefficient (Wildman–Crippen LogP) is 0.780. The van der Waals surface area contributed by atoms with E-state index in [-0.39, 0.29) is 19.1 Å². The Morgan fingerprint density at radius 2 is 2.12 bits per heavy atom. The van der Waals surface area contributed by atoms with Crippen molar-refractivity contribution in [1.82, 2.24) is 0 Å². The number of amides is 1. The molecule has 1 amide bonds. The van der Waals surface area contributed by atoms with Crippen molar-refractivity contribution >= 4 is 11.6 Å². The largest absolute Gasteiger partial charge is 0.392 e. The molecule has 0 aliphatic rings. The molecule has 1 rings (SSSR count). The number of nitrogens with one attached hydrogen (secondary N) is 1. The fraction of sp³-hybridized carbons (Fsp3) is 0.417. The predicted molar refractivity (Wildman–Crippen MR) is 63.7 cm³/mol. The second-order valence-corrected chi connectivity index (χ2v) is 3.41. The van der Waals surface area contributed by atoms with Crippen LogP contribution in [0.4, 0.5) is 5.69 Å². The maximum absolute atomic E-state index is 11.5. The molecule has 0 spiro atoms. The fourth-order valence-corrected chi connectivity index (χ4v) is 1.27. The summed E-state index contributed by atoms with van der Waals surface area (Å²) in [4.78, 5) is 11.5. The number of benzene rings is 1. The first-order valence-corrected chi connectivity index (χ1v) is 5.33. The van der Waals surface area contributed by atoms with E-state index in [4.69, 9.17) is 14.6 Å². The van der Waals surface area contributed by atoms with Crippen LogP contribution in [0.5, 0.6) is 0 Å². The minimum Gasteiger partial charge on any atom is -0.392 e. The molecule has 0 heterocycles. The van der Waals surface area contributed by atoms with Gasteiger partial charge in [0.25, 0.3) is 0 Å². The molecule has 1 aromatic carbocycles. The van der Waals surface area contributed by atoms with Crippen LogP contribution in [0.3, 0.4) is 0 Å². The molecule has 94 valence electrons. The molecule has 0 aliphatic heterocycles. The lowest BCUT2D eigenvalue weighted by molar-refractivity contribution is -0.121. The lowest BCUT2D eigenvalue weighted by atomic mass is 10.2. The van der Waals surface area contributed by atoms with Crippen molar-refractivity contribution in [1.29, 1.82) is 0 Å². The van der Waals surface area contributed by atoms with E-state index in [1.54, 1.807) is 31.4 Å². The maximum Gasteiger partial charge on any atom is 0.250 e. The standard InChI is InChI=1S/C12H17NO4/c1-16-6-7-17-9-12(15)13-11-5-3-2-4-10(11)8-14/h2-5,14H,6-9H2,1H3,(H,13,15). The van der Waals surface area contributed by atoms with Crippen molar-refractivity contribution in [2.45, 2.75) is 6.61 Å². The van der Waals surface area contributed by atoms with Gasteiger partial charge in [0.1, 0.15) is 6.61 Å². The van der Waals surface area contributed by atoms with Gasteiger partial charge in [0.2, 0.25) is 5.91 Å². The molecule has 0 unspecified atom stereocenters. The van der Waals surface area contributed by atoms with Crippen molar-refractivity contribution in [3.8, 4) is 0 Å². The summed E-state index contributed by atoms with van der Waals surface area (Å²) in [6.07, 6.45) is 0. The zero-order valence-electron chi connectivity index (χ0n) is 9.81. The molecular formula is C12H17NO4. The normalized spacial score (nSPS) is 10.2. The Bertz CT molecular complexity index is 354. The van der Waals surface area contributed by atoms with Crippen LogP contribution in [0.1, 0.15) is 5.56 Å². The molecule has 0 fully saturated rings. The Hall–Kier alpha value is -1.43. The molecule has 1 aromatic rings. The first kappa shape index (κ1) is 13.6. The highest BCUT2D eigenvalue weighted by Gasteiger charge is 2.05. The molecule has 5 heteroatoms. The number of aliphatic hydroxyl groups is 1. The highest BCUT2D eigenvalue weighted by molar-refractivity contribution is 5.92. The van der Waals surface area contributed by atoms with Gasteiger partial charge in [-0.2, -0.15) is 0 Å². The van der Waals surface area contributed by atoms with Gasteiger partial charge in [-0.3, -0.25) is 4.79 Å². The molecule has 0 saturated heterocycles. The Morgan fingerprint density at radius 1 is 1.35 bits per heavy atom. The van der Waals surface area contributed by atoms with E-state index in [2.05, 4.69) is 5.32 Å². The molecular weight excluding hydrogens is 222 g/mol. The van der Waals surface area contributed by atoms with Gasteiger partial charge in [-0.25, -0.2) is 0 Å². The van der Waals surface area contributed by atoms with Crippen LogP contribution in [0.15, 0.2) is 24.3 Å². The van der Waals surface area contributed by atoms with Crippen molar-refractivity contribution < 1.29 is 19.4 Å². The summed E-state index contributed by atoms with van der Waals surface area (Å²) in [6.45, 7) is 0.705. The first-order valence-electron chi connectivity index (χ1n) is 5.33. The molecule has 0 aromatic heterocycles. The number of para-hydroxylation sites is 1. The van der Waals surface area contributed by atoms with E-state index in [1.165, 1.54) is 0 Å². The second kappa shape index (κ2) is 7.78. The molecule has 0 atom stereocenters. The van der Waals surface area contributed by atoms with Crippen molar-refractivity contribution in [3.63, 3.8) is 0 Å².